The van der Waals surface area contributed by atoms with Gasteiger partial charge in [0.25, 0.3) is 23.6 Å². The molecule has 6 N–H and O–H groups in total. The third-order valence-electron chi connectivity index (χ3n) is 5.86. The number of carbonyl (C=O) groups excluding carboxylic acids is 3. The summed E-state index contributed by atoms with van der Waals surface area (Å²) < 4.78 is 45.9. The molecule has 2 atom stereocenters. The molecule has 0 aliphatic carbocycles. The molecule has 0 saturated carbocycles. The van der Waals surface area contributed by atoms with Gasteiger partial charge in [-0.1, -0.05) is 0 Å². The first-order chi connectivity index (χ1) is 17.4. The Labute approximate surface area is 207 Å². The molecule has 37 heavy (non-hydrogen) atoms. The van der Waals surface area contributed by atoms with Crippen LogP contribution in [0.25, 0.3) is 0 Å². The number of ether oxygens (including phenoxy) is 1. The number of aliphatic hydroxyl groups excluding tert-OH is 1. The van der Waals surface area contributed by atoms with Gasteiger partial charge in [-0.2, -0.15) is 0 Å². The molecule has 14 heteroatoms. The summed E-state index contributed by atoms with van der Waals surface area (Å²) in [5.74, 6) is -7.64. The molecule has 2 saturated heterocycles. The number of nitrogen functional groups attached to an aromatic ring is 1. The van der Waals surface area contributed by atoms with Crippen LogP contribution in [-0.4, -0.2) is 83.0 Å². The van der Waals surface area contributed by atoms with Crippen molar-refractivity contribution in [3.63, 3.8) is 0 Å². The van der Waals surface area contributed by atoms with Gasteiger partial charge in [-0.15, -0.1) is 0 Å². The van der Waals surface area contributed by atoms with Crippen LogP contribution in [0, 0.1) is 11.2 Å². The Morgan fingerprint density at radius 1 is 1.19 bits per heavy atom. The molecule has 0 bridgehead atoms. The van der Waals surface area contributed by atoms with Crippen molar-refractivity contribution in [1.82, 2.24) is 4.90 Å². The number of phenolic OH excluding ortho intramolecular Hbond substituents is 1. The Morgan fingerprint density at radius 2 is 1.89 bits per heavy atom. The number of aliphatic hydroxyl groups is 1. The van der Waals surface area contributed by atoms with E-state index in [-0.39, 0.29) is 35.8 Å². The van der Waals surface area contributed by atoms with Gasteiger partial charge >= 0.3 is 0 Å². The van der Waals surface area contributed by atoms with Crippen LogP contribution < -0.4 is 16.0 Å². The minimum atomic E-state index is -3.04. The maximum atomic E-state index is 14.3. The van der Waals surface area contributed by atoms with Crippen LogP contribution in [0.1, 0.15) is 15.9 Å². The highest BCUT2D eigenvalue weighted by Gasteiger charge is 2.47. The minimum absolute atomic E-state index is 0.0277. The molecular formula is C23H22F3N5O6. The van der Waals surface area contributed by atoms with Crippen LogP contribution in [0.3, 0.4) is 0 Å². The number of benzene rings is 2. The van der Waals surface area contributed by atoms with Crippen LogP contribution in [0.5, 0.6) is 5.75 Å². The molecule has 2 heterocycles. The van der Waals surface area contributed by atoms with Crippen LogP contribution >= 0.6 is 0 Å². The number of amides is 3. The van der Waals surface area contributed by atoms with E-state index in [0.717, 1.165) is 28.0 Å². The number of aromatic hydroxyl groups is 1. The average Bonchev–Trinajstić information content (AvgIpc) is 2.82. The van der Waals surface area contributed by atoms with Gasteiger partial charge in [0.2, 0.25) is 0 Å². The molecule has 3 amide bonds. The summed E-state index contributed by atoms with van der Waals surface area (Å²) in [6.07, 6.45) is -3.65. The lowest BCUT2D eigenvalue weighted by Gasteiger charge is -2.39. The molecule has 11 nitrogen and oxygen atoms in total. The lowest BCUT2D eigenvalue weighted by Crippen LogP contribution is -2.58. The van der Waals surface area contributed by atoms with Gasteiger partial charge in [0, 0.05) is 24.0 Å². The van der Waals surface area contributed by atoms with E-state index < -0.39 is 66.2 Å². The molecule has 0 aromatic heterocycles. The Kier molecular flexibility index (Phi) is 6.80. The monoisotopic (exact) mass is 521 g/mol. The maximum absolute atomic E-state index is 14.3. The first-order valence-corrected chi connectivity index (χ1v) is 10.9. The number of hydrogen-bond donors (Lipinski definition) is 5. The predicted molar refractivity (Wildman–Crippen MR) is 123 cm³/mol. The van der Waals surface area contributed by atoms with E-state index in [9.17, 15) is 37.8 Å². The van der Waals surface area contributed by atoms with Crippen LogP contribution in [-0.2, 0) is 14.3 Å². The van der Waals surface area contributed by atoms with Crippen molar-refractivity contribution in [2.45, 2.75) is 18.1 Å². The number of amidine groups is 1. The summed E-state index contributed by atoms with van der Waals surface area (Å²) in [5, 5.41) is 30.1. The van der Waals surface area contributed by atoms with Gasteiger partial charge in [-0.25, -0.2) is 13.2 Å². The number of morpholine rings is 1. The van der Waals surface area contributed by atoms with Crippen molar-refractivity contribution >= 4 is 34.9 Å². The SMILES string of the molecule is N=C(N)c1ccc(NC(=O)[C@H](O)[C@H]2OCCN(c3ccc(F)c(C(=O)N4CC(F)(F)C4)c3)C2=O)cc1O. The average molecular weight is 521 g/mol. The molecule has 0 unspecified atom stereocenters. The van der Waals surface area contributed by atoms with E-state index in [0.29, 0.717) is 0 Å². The zero-order valence-corrected chi connectivity index (χ0v) is 19.1. The first kappa shape index (κ1) is 25.9. The molecule has 0 spiro atoms. The second kappa shape index (κ2) is 9.71. The predicted octanol–water partition coefficient (Wildman–Crippen LogP) is 0.638. The molecule has 2 aliphatic rings. The third kappa shape index (κ3) is 5.20. The molecule has 4 rings (SSSR count). The second-order valence-electron chi connectivity index (χ2n) is 8.54. The molecule has 196 valence electrons. The summed E-state index contributed by atoms with van der Waals surface area (Å²) >= 11 is 0. The van der Waals surface area contributed by atoms with E-state index in [1.54, 1.807) is 0 Å². The Bertz CT molecular complexity index is 1280. The van der Waals surface area contributed by atoms with Gasteiger partial charge in [-0.05, 0) is 30.3 Å². The highest BCUT2D eigenvalue weighted by Crippen LogP contribution is 2.30. The normalized spacial score (nSPS) is 19.7. The smallest absolute Gasteiger partial charge is 0.282 e. The number of nitrogens with zero attached hydrogens (tertiary/aromatic N) is 2. The van der Waals surface area contributed by atoms with Crippen molar-refractivity contribution < 1.29 is 42.5 Å². The number of halogens is 3. The fourth-order valence-corrected chi connectivity index (χ4v) is 3.95. The molecule has 0 radical (unpaired) electrons. The Balaban J connectivity index is 1.48. The minimum Gasteiger partial charge on any atom is -0.507 e. The topological polar surface area (TPSA) is 169 Å². The Morgan fingerprint density at radius 3 is 2.51 bits per heavy atom. The van der Waals surface area contributed by atoms with Gasteiger partial charge in [0.05, 0.1) is 30.8 Å². The van der Waals surface area contributed by atoms with Crippen LogP contribution in [0.2, 0.25) is 0 Å². The fourth-order valence-electron chi connectivity index (χ4n) is 3.95. The fraction of sp³-hybridized carbons (Fsp3) is 0.304. The van der Waals surface area contributed by atoms with Gasteiger partial charge in [0.1, 0.15) is 17.4 Å². The number of phenols is 1. The number of hydrogen-bond acceptors (Lipinski definition) is 7. The number of likely N-dealkylation sites (tertiary alicyclic amines) is 1. The van der Waals surface area contributed by atoms with Crippen molar-refractivity contribution in [1.29, 1.82) is 5.41 Å². The van der Waals surface area contributed by atoms with Crippen molar-refractivity contribution in [2.24, 2.45) is 5.73 Å². The standard InChI is InChI=1S/C23H22F3N5O6/c24-15-4-2-12(8-14(15)21(35)30-9-23(25,26)10-30)31-5-6-37-18(22(31)36)17(33)20(34)29-11-1-3-13(19(27)28)16(32)7-11/h1-4,7-8,17-18,32-33H,5-6,9-10H2,(H3,27,28)(H,29,34)/t17-,18-/m1/s1. The first-order valence-electron chi connectivity index (χ1n) is 10.9. The maximum Gasteiger partial charge on any atom is 0.282 e. The summed E-state index contributed by atoms with van der Waals surface area (Å²) in [6.45, 7) is -1.85. The third-order valence-corrected chi connectivity index (χ3v) is 5.86. The van der Waals surface area contributed by atoms with E-state index in [4.69, 9.17) is 15.9 Å². The van der Waals surface area contributed by atoms with Crippen LogP contribution in [0.4, 0.5) is 24.5 Å². The number of alkyl halides is 2. The van der Waals surface area contributed by atoms with Gasteiger partial charge in [-0.3, -0.25) is 19.8 Å². The number of carbonyl (C=O) groups is 3. The number of nitrogens with two attached hydrogens (primary N) is 1. The second-order valence-corrected chi connectivity index (χ2v) is 8.54. The molecule has 2 fully saturated rings. The molecule has 2 aliphatic heterocycles. The summed E-state index contributed by atoms with van der Waals surface area (Å²) in [5.41, 5.74) is 4.94. The van der Waals surface area contributed by atoms with Crippen LogP contribution in [0.15, 0.2) is 36.4 Å². The van der Waals surface area contributed by atoms with Crippen molar-refractivity contribution in [3.8, 4) is 5.75 Å². The summed E-state index contributed by atoms with van der Waals surface area (Å²) in [4.78, 5) is 39.9. The molecular weight excluding hydrogens is 499 g/mol. The molecule has 2 aromatic rings. The zero-order chi connectivity index (χ0) is 27.1. The number of rotatable bonds is 6. The largest absolute Gasteiger partial charge is 0.507 e. The van der Waals surface area contributed by atoms with E-state index in [1.165, 1.54) is 18.2 Å². The highest BCUT2D eigenvalue weighted by atomic mass is 19.3. The van der Waals surface area contributed by atoms with E-state index in [1.807, 2.05) is 0 Å². The lowest BCUT2D eigenvalue weighted by atomic mass is 10.1. The Hall–Kier alpha value is -4.17. The van der Waals surface area contributed by atoms with Crippen molar-refractivity contribution in [2.75, 3.05) is 36.5 Å². The van der Waals surface area contributed by atoms with E-state index >= 15 is 0 Å². The van der Waals surface area contributed by atoms with E-state index in [2.05, 4.69) is 5.32 Å². The van der Waals surface area contributed by atoms with Gasteiger partial charge in [0.15, 0.2) is 12.2 Å². The summed E-state index contributed by atoms with van der Waals surface area (Å²) in [6, 6.07) is 6.85. The highest BCUT2D eigenvalue weighted by molar-refractivity contribution is 6.05. The number of nitrogens with one attached hydrogen (secondary N) is 2. The lowest BCUT2D eigenvalue weighted by molar-refractivity contribution is -0.150. The van der Waals surface area contributed by atoms with Crippen molar-refractivity contribution in [3.05, 3.63) is 53.3 Å². The quantitative estimate of drug-likeness (QED) is 0.274. The van der Waals surface area contributed by atoms with Gasteiger partial charge < -0.3 is 35.8 Å². The summed E-state index contributed by atoms with van der Waals surface area (Å²) in [7, 11) is 0. The molecule has 2 aromatic carbocycles. The zero-order valence-electron chi connectivity index (χ0n) is 19.1. The number of anilines is 2.